The molecule has 7 heteroatoms. The van der Waals surface area contributed by atoms with Crippen molar-refractivity contribution in [3.05, 3.63) is 57.9 Å². The number of nitrogens with one attached hydrogen (secondary N) is 1. The van der Waals surface area contributed by atoms with Gasteiger partial charge in [-0.1, -0.05) is 22.4 Å². The van der Waals surface area contributed by atoms with Crippen molar-refractivity contribution in [2.45, 2.75) is 13.3 Å². The summed E-state index contributed by atoms with van der Waals surface area (Å²) in [7, 11) is 1.62. The third-order valence-corrected chi connectivity index (χ3v) is 3.90. The third kappa shape index (κ3) is 3.09. The molecule has 0 aliphatic rings. The number of hydrogen-bond acceptors (Lipinski definition) is 5. The van der Waals surface area contributed by atoms with E-state index in [1.165, 1.54) is 0 Å². The minimum atomic E-state index is 0.258. The number of phenols is 1. The second-order valence-corrected chi connectivity index (χ2v) is 5.58. The van der Waals surface area contributed by atoms with Crippen molar-refractivity contribution in [3.8, 4) is 17.2 Å². The maximum absolute atomic E-state index is 10.2. The normalized spacial score (nSPS) is 10.7. The molecule has 118 valence electrons. The largest absolute Gasteiger partial charge is 0.508 e. The highest BCUT2D eigenvalue weighted by molar-refractivity contribution is 7.71. The summed E-state index contributed by atoms with van der Waals surface area (Å²) in [6.45, 7) is 1.90. The maximum Gasteiger partial charge on any atom is 0.242 e. The van der Waals surface area contributed by atoms with Crippen LogP contribution in [0.1, 0.15) is 16.7 Å². The Morgan fingerprint density at radius 2 is 2.13 bits per heavy atom. The molecule has 2 aromatic carbocycles. The summed E-state index contributed by atoms with van der Waals surface area (Å²) in [5, 5.41) is 20.4. The number of rotatable bonds is 4. The van der Waals surface area contributed by atoms with Crippen molar-refractivity contribution in [3.63, 3.8) is 0 Å². The molecule has 23 heavy (non-hydrogen) atoms. The molecule has 0 radical (unpaired) electrons. The second-order valence-electron chi connectivity index (χ2n) is 5.22. The standard InChI is InChI=1S/C16H16N4O2S/c1-10-6-14(21)12(9-15(10)22-2)7-11-4-3-5-13(8-11)20-16(23)17-18-19-20/h3-6,8-9,21H,7H2,1-2H3,(H,17,19,23). The number of nitrogens with zero attached hydrogens (tertiary/aromatic N) is 3. The summed E-state index contributed by atoms with van der Waals surface area (Å²) in [4.78, 5) is 0. The van der Waals surface area contributed by atoms with Crippen molar-refractivity contribution in [2.24, 2.45) is 0 Å². The number of H-pyrrole nitrogens is 1. The summed E-state index contributed by atoms with van der Waals surface area (Å²) >= 11 is 5.11. The molecule has 0 aliphatic heterocycles. The molecule has 1 heterocycles. The Bertz CT molecular complexity index is 901. The van der Waals surface area contributed by atoms with Crippen LogP contribution in [0.4, 0.5) is 0 Å². The molecule has 0 spiro atoms. The number of aromatic hydroxyl groups is 1. The Labute approximate surface area is 138 Å². The highest BCUT2D eigenvalue weighted by atomic mass is 32.1. The van der Waals surface area contributed by atoms with Crippen LogP contribution in [0.5, 0.6) is 11.5 Å². The van der Waals surface area contributed by atoms with Gasteiger partial charge in [0.05, 0.1) is 12.8 Å². The van der Waals surface area contributed by atoms with E-state index >= 15 is 0 Å². The first-order chi connectivity index (χ1) is 11.1. The highest BCUT2D eigenvalue weighted by Crippen LogP contribution is 2.29. The summed E-state index contributed by atoms with van der Waals surface area (Å²) in [5.74, 6) is 1.02. The lowest BCUT2D eigenvalue weighted by atomic mass is 10.0. The van der Waals surface area contributed by atoms with Crippen LogP contribution in [0.25, 0.3) is 5.69 Å². The quantitative estimate of drug-likeness (QED) is 0.720. The van der Waals surface area contributed by atoms with Crippen molar-refractivity contribution in [1.82, 2.24) is 20.2 Å². The molecular weight excluding hydrogens is 312 g/mol. The Kier molecular flexibility index (Phi) is 4.12. The Morgan fingerprint density at radius 3 is 2.83 bits per heavy atom. The van der Waals surface area contributed by atoms with Gasteiger partial charge < -0.3 is 9.84 Å². The molecule has 3 aromatic rings. The van der Waals surface area contributed by atoms with Gasteiger partial charge in [0, 0.05) is 12.0 Å². The maximum atomic E-state index is 10.2. The number of phenolic OH excluding ortho intramolecular Hbond substituents is 1. The van der Waals surface area contributed by atoms with Gasteiger partial charge in [-0.2, -0.15) is 5.21 Å². The van der Waals surface area contributed by atoms with E-state index in [4.69, 9.17) is 17.0 Å². The van der Waals surface area contributed by atoms with Crippen LogP contribution < -0.4 is 4.74 Å². The molecule has 1 aromatic heterocycles. The molecule has 0 saturated heterocycles. The Balaban J connectivity index is 1.95. The number of hydrogen-bond donors (Lipinski definition) is 2. The third-order valence-electron chi connectivity index (χ3n) is 3.63. The number of ether oxygens (including phenoxy) is 1. The lowest BCUT2D eigenvalue weighted by molar-refractivity contribution is 0.407. The summed E-state index contributed by atoms with van der Waals surface area (Å²) in [6.07, 6.45) is 0.575. The van der Waals surface area contributed by atoms with Crippen LogP contribution >= 0.6 is 12.2 Å². The SMILES string of the molecule is COc1cc(Cc2cccc(-n3[nH]nnc3=S)c2)c(O)cc1C. The average Bonchev–Trinajstić information content (AvgIpc) is 2.96. The number of benzene rings is 2. The number of aromatic amines is 1. The fourth-order valence-corrected chi connectivity index (χ4v) is 2.65. The van der Waals surface area contributed by atoms with Gasteiger partial charge in [0.15, 0.2) is 0 Å². The fraction of sp³-hybridized carbons (Fsp3) is 0.188. The lowest BCUT2D eigenvalue weighted by Crippen LogP contribution is -1.99. The zero-order chi connectivity index (χ0) is 16.4. The topological polar surface area (TPSA) is 76.0 Å². The van der Waals surface area contributed by atoms with E-state index in [0.29, 0.717) is 11.2 Å². The smallest absolute Gasteiger partial charge is 0.242 e. The predicted molar refractivity (Wildman–Crippen MR) is 88.7 cm³/mol. The van der Waals surface area contributed by atoms with Gasteiger partial charge in [-0.3, -0.25) is 0 Å². The molecule has 0 saturated carbocycles. The van der Waals surface area contributed by atoms with Gasteiger partial charge in [-0.25, -0.2) is 4.68 Å². The Hall–Kier alpha value is -2.67. The van der Waals surface area contributed by atoms with Crippen LogP contribution in [-0.2, 0) is 6.42 Å². The van der Waals surface area contributed by atoms with Crippen molar-refractivity contribution >= 4 is 12.2 Å². The van der Waals surface area contributed by atoms with E-state index in [2.05, 4.69) is 15.5 Å². The van der Waals surface area contributed by atoms with Crippen LogP contribution in [-0.4, -0.2) is 32.4 Å². The molecule has 0 unspecified atom stereocenters. The number of tetrazole rings is 1. The van der Waals surface area contributed by atoms with E-state index in [1.807, 2.05) is 37.3 Å². The van der Waals surface area contributed by atoms with Crippen molar-refractivity contribution < 1.29 is 9.84 Å². The number of aryl methyl sites for hydroxylation is 1. The molecule has 2 N–H and O–H groups in total. The van der Waals surface area contributed by atoms with Crippen LogP contribution in [0.2, 0.25) is 0 Å². The van der Waals surface area contributed by atoms with Gasteiger partial charge in [0.2, 0.25) is 4.77 Å². The highest BCUT2D eigenvalue weighted by Gasteiger charge is 2.09. The number of aromatic nitrogens is 4. The molecule has 0 fully saturated rings. The first kappa shape index (κ1) is 15.2. The monoisotopic (exact) mass is 328 g/mol. The van der Waals surface area contributed by atoms with Gasteiger partial charge in [0.1, 0.15) is 11.5 Å². The first-order valence-electron chi connectivity index (χ1n) is 7.04. The van der Waals surface area contributed by atoms with Gasteiger partial charge in [-0.05, 0) is 54.5 Å². The molecule has 0 aliphatic carbocycles. The first-order valence-corrected chi connectivity index (χ1v) is 7.45. The lowest BCUT2D eigenvalue weighted by Gasteiger charge is -2.11. The average molecular weight is 328 g/mol. The molecule has 6 nitrogen and oxygen atoms in total. The summed E-state index contributed by atoms with van der Waals surface area (Å²) < 4.78 is 7.31. The van der Waals surface area contributed by atoms with Gasteiger partial charge in [0.25, 0.3) is 0 Å². The molecule has 0 bridgehead atoms. The minimum Gasteiger partial charge on any atom is -0.508 e. The summed E-state index contributed by atoms with van der Waals surface area (Å²) in [6, 6.07) is 11.4. The van der Waals surface area contributed by atoms with Crippen molar-refractivity contribution in [1.29, 1.82) is 0 Å². The van der Waals surface area contributed by atoms with Gasteiger partial charge in [-0.15, -0.1) is 0 Å². The number of methoxy groups -OCH3 is 1. The van der Waals surface area contributed by atoms with Crippen LogP contribution in [0.3, 0.4) is 0 Å². The Morgan fingerprint density at radius 1 is 1.30 bits per heavy atom. The molecule has 3 rings (SSSR count). The predicted octanol–water partition coefficient (Wildman–Crippen LogP) is 2.94. The second kappa shape index (κ2) is 6.21. The molecular formula is C16H16N4O2S. The molecule has 0 atom stereocenters. The van der Waals surface area contributed by atoms with E-state index in [9.17, 15) is 5.11 Å². The van der Waals surface area contributed by atoms with Crippen molar-refractivity contribution in [2.75, 3.05) is 7.11 Å². The summed E-state index contributed by atoms with van der Waals surface area (Å²) in [5.41, 5.74) is 3.57. The zero-order valence-corrected chi connectivity index (χ0v) is 13.6. The van der Waals surface area contributed by atoms with Gasteiger partial charge >= 0.3 is 0 Å². The van der Waals surface area contributed by atoms with E-state index in [0.717, 1.165) is 28.1 Å². The van der Waals surface area contributed by atoms with E-state index in [1.54, 1.807) is 17.9 Å². The molecule has 0 amide bonds. The van der Waals surface area contributed by atoms with Crippen LogP contribution in [0.15, 0.2) is 36.4 Å². The van der Waals surface area contributed by atoms with E-state index in [-0.39, 0.29) is 5.75 Å². The van der Waals surface area contributed by atoms with E-state index < -0.39 is 0 Å². The zero-order valence-electron chi connectivity index (χ0n) is 12.8. The minimum absolute atomic E-state index is 0.258. The fourth-order valence-electron chi connectivity index (χ4n) is 2.47. The van der Waals surface area contributed by atoms with Crippen LogP contribution in [0, 0.1) is 11.7 Å².